The number of methoxy groups -OCH3 is 1. The Kier molecular flexibility index (Phi) is 4.69. The number of fused-ring (bicyclic) bond motifs is 1. The fourth-order valence-electron chi connectivity index (χ4n) is 3.85. The van der Waals surface area contributed by atoms with Crippen LogP contribution in [0.5, 0.6) is 5.75 Å². The Labute approximate surface area is 184 Å². The number of aryl methyl sites for hydroxylation is 1. The molecule has 9 nitrogen and oxygen atoms in total. The standard InChI is InChI=1S/C20H25ClN6O3/c1-10-5-23-14(11(2)17(10)29-3)7-27-6-12(4-15(28)24-13-8-30-9-13)16-18(21)25-20(22)26-19(16)27/h5,12-13H,4,6-9H2,1-3H3,(H,24,28)(H2,22,25,26)/i1D3. The predicted octanol–water partition coefficient (Wildman–Crippen LogP) is 1.74. The van der Waals surface area contributed by atoms with Gasteiger partial charge in [0.25, 0.3) is 0 Å². The summed E-state index contributed by atoms with van der Waals surface area (Å²) in [6.45, 7) is 1.20. The molecule has 3 N–H and O–H groups in total. The SMILES string of the molecule is [2H]C([2H])([2H])c1cnc(CN2CC(CC(=O)NC3COC3)c3c(Cl)nc(N)nc32)c(C)c1OC. The number of nitrogens with two attached hydrogens (primary N) is 1. The number of carbonyl (C=O) groups excluding carboxylic acids is 1. The number of anilines is 2. The van der Waals surface area contributed by atoms with Crippen molar-refractivity contribution in [2.75, 3.05) is 37.5 Å². The van der Waals surface area contributed by atoms with Crippen molar-refractivity contribution in [3.8, 4) is 5.75 Å². The first-order chi connectivity index (χ1) is 15.6. The number of amides is 1. The largest absolute Gasteiger partial charge is 0.496 e. The fourth-order valence-corrected chi connectivity index (χ4v) is 4.18. The molecule has 0 radical (unpaired) electrons. The minimum Gasteiger partial charge on any atom is -0.496 e. The minimum absolute atomic E-state index is 0.0282. The van der Waals surface area contributed by atoms with Gasteiger partial charge in [-0.3, -0.25) is 9.78 Å². The highest BCUT2D eigenvalue weighted by atomic mass is 35.5. The molecule has 30 heavy (non-hydrogen) atoms. The number of halogens is 1. The van der Waals surface area contributed by atoms with Crippen molar-refractivity contribution in [1.82, 2.24) is 20.3 Å². The van der Waals surface area contributed by atoms with E-state index in [-0.39, 0.29) is 46.7 Å². The molecule has 1 amide bonds. The van der Waals surface area contributed by atoms with Crippen LogP contribution in [0.2, 0.25) is 5.15 Å². The molecule has 0 saturated carbocycles. The molecule has 0 spiro atoms. The third kappa shape index (κ3) is 3.87. The maximum absolute atomic E-state index is 12.5. The number of ether oxygens (including phenoxy) is 2. The molecule has 2 aliphatic rings. The summed E-state index contributed by atoms with van der Waals surface area (Å²) in [7, 11) is 1.43. The first-order valence-electron chi connectivity index (χ1n) is 11.1. The highest BCUT2D eigenvalue weighted by Crippen LogP contribution is 2.42. The molecule has 2 aromatic heterocycles. The molecule has 1 unspecified atom stereocenters. The van der Waals surface area contributed by atoms with Crippen LogP contribution in [0.3, 0.4) is 0 Å². The van der Waals surface area contributed by atoms with E-state index in [0.29, 0.717) is 48.9 Å². The third-order valence-corrected chi connectivity index (χ3v) is 5.68. The first-order valence-corrected chi connectivity index (χ1v) is 9.94. The molecule has 0 aromatic carbocycles. The molecule has 4 rings (SSSR count). The monoisotopic (exact) mass is 435 g/mol. The molecule has 160 valence electrons. The Bertz CT molecular complexity index is 1080. The van der Waals surface area contributed by atoms with Crippen molar-refractivity contribution >= 4 is 29.3 Å². The first kappa shape index (κ1) is 17.1. The molecular weight excluding hydrogens is 408 g/mol. The highest BCUT2D eigenvalue weighted by Gasteiger charge is 2.36. The quantitative estimate of drug-likeness (QED) is 0.659. The highest BCUT2D eigenvalue weighted by molar-refractivity contribution is 6.30. The number of nitrogens with one attached hydrogen (secondary N) is 1. The Hall–Kier alpha value is -2.65. The van der Waals surface area contributed by atoms with Gasteiger partial charge >= 0.3 is 0 Å². The average molecular weight is 436 g/mol. The molecule has 1 fully saturated rings. The third-order valence-electron chi connectivity index (χ3n) is 5.39. The van der Waals surface area contributed by atoms with Gasteiger partial charge in [-0.05, 0) is 13.8 Å². The van der Waals surface area contributed by atoms with Crippen molar-refractivity contribution < 1.29 is 18.4 Å². The molecule has 2 aliphatic heterocycles. The van der Waals surface area contributed by atoms with E-state index in [1.165, 1.54) is 13.3 Å². The lowest BCUT2D eigenvalue weighted by Gasteiger charge is -2.27. The van der Waals surface area contributed by atoms with Crippen molar-refractivity contribution in [3.63, 3.8) is 0 Å². The van der Waals surface area contributed by atoms with Crippen LogP contribution >= 0.6 is 11.6 Å². The molecule has 2 aromatic rings. The van der Waals surface area contributed by atoms with Gasteiger partial charge in [-0.15, -0.1) is 0 Å². The Morgan fingerprint density at radius 3 is 2.97 bits per heavy atom. The van der Waals surface area contributed by atoms with Crippen LogP contribution in [0.15, 0.2) is 6.20 Å². The molecule has 10 heteroatoms. The minimum atomic E-state index is -2.35. The number of aromatic nitrogens is 3. The molecule has 1 atom stereocenters. The lowest BCUT2D eigenvalue weighted by molar-refractivity contribution is -0.125. The van der Waals surface area contributed by atoms with Crippen molar-refractivity contribution in [3.05, 3.63) is 33.7 Å². The Morgan fingerprint density at radius 1 is 1.50 bits per heavy atom. The zero-order chi connectivity index (χ0) is 23.9. The maximum atomic E-state index is 12.5. The lowest BCUT2D eigenvalue weighted by atomic mass is 10.00. The van der Waals surface area contributed by atoms with Crippen LogP contribution in [0.1, 0.15) is 38.8 Å². The molecule has 0 aliphatic carbocycles. The summed E-state index contributed by atoms with van der Waals surface area (Å²) in [5, 5.41) is 3.15. The van der Waals surface area contributed by atoms with E-state index in [1.54, 1.807) is 6.92 Å². The van der Waals surface area contributed by atoms with E-state index in [1.807, 2.05) is 4.90 Å². The van der Waals surface area contributed by atoms with Gasteiger partial charge in [-0.2, -0.15) is 4.98 Å². The number of hydrogen-bond acceptors (Lipinski definition) is 8. The van der Waals surface area contributed by atoms with E-state index in [2.05, 4.69) is 20.3 Å². The Balaban J connectivity index is 1.62. The second-order valence-corrected chi connectivity index (χ2v) is 7.83. The molecule has 0 bridgehead atoms. The summed E-state index contributed by atoms with van der Waals surface area (Å²) in [6, 6.07) is 0.0312. The van der Waals surface area contributed by atoms with Crippen molar-refractivity contribution in [1.29, 1.82) is 0 Å². The average Bonchev–Trinajstić information content (AvgIpc) is 3.02. The normalized spacial score (nSPS) is 20.0. The van der Waals surface area contributed by atoms with E-state index < -0.39 is 6.85 Å². The summed E-state index contributed by atoms with van der Waals surface area (Å²) < 4.78 is 33.7. The zero-order valence-corrected chi connectivity index (χ0v) is 17.5. The summed E-state index contributed by atoms with van der Waals surface area (Å²) in [5.74, 6) is 0.501. The van der Waals surface area contributed by atoms with Gasteiger partial charge < -0.3 is 25.4 Å². The van der Waals surface area contributed by atoms with Crippen LogP contribution in [0.4, 0.5) is 11.8 Å². The number of hydrogen-bond donors (Lipinski definition) is 2. The molecule has 1 saturated heterocycles. The topological polar surface area (TPSA) is 115 Å². The van der Waals surface area contributed by atoms with Gasteiger partial charge in [0.05, 0.1) is 38.6 Å². The van der Waals surface area contributed by atoms with E-state index in [4.69, 9.17) is 30.9 Å². The van der Waals surface area contributed by atoms with Gasteiger partial charge in [0.1, 0.15) is 16.7 Å². The van der Waals surface area contributed by atoms with Gasteiger partial charge in [0.15, 0.2) is 0 Å². The lowest BCUT2D eigenvalue weighted by Crippen LogP contribution is -2.48. The van der Waals surface area contributed by atoms with Gasteiger partial charge in [0, 0.05) is 45.9 Å². The summed E-state index contributed by atoms with van der Waals surface area (Å²) in [5.41, 5.74) is 7.80. The number of nitrogens with zero attached hydrogens (tertiary/aromatic N) is 4. The van der Waals surface area contributed by atoms with Crippen LogP contribution in [-0.2, 0) is 16.1 Å². The van der Waals surface area contributed by atoms with Crippen LogP contribution in [-0.4, -0.2) is 53.8 Å². The number of carbonyl (C=O) groups is 1. The summed E-state index contributed by atoms with van der Waals surface area (Å²) in [6.07, 6.45) is 1.53. The Morgan fingerprint density at radius 2 is 2.30 bits per heavy atom. The molecular formula is C20H25ClN6O3. The zero-order valence-electron chi connectivity index (χ0n) is 19.7. The van der Waals surface area contributed by atoms with E-state index in [0.717, 1.165) is 0 Å². The summed E-state index contributed by atoms with van der Waals surface area (Å²) in [4.78, 5) is 27.3. The van der Waals surface area contributed by atoms with Crippen LogP contribution in [0, 0.1) is 13.8 Å². The second-order valence-electron chi connectivity index (χ2n) is 7.47. The summed E-state index contributed by atoms with van der Waals surface area (Å²) >= 11 is 6.41. The van der Waals surface area contributed by atoms with Crippen LogP contribution < -0.4 is 20.7 Å². The van der Waals surface area contributed by atoms with Crippen molar-refractivity contribution in [2.24, 2.45) is 0 Å². The van der Waals surface area contributed by atoms with Crippen molar-refractivity contribution in [2.45, 2.75) is 38.7 Å². The fraction of sp³-hybridized carbons (Fsp3) is 0.500. The molecule has 4 heterocycles. The van der Waals surface area contributed by atoms with Gasteiger partial charge in [-0.25, -0.2) is 4.98 Å². The number of nitrogen functional groups attached to an aromatic ring is 1. The second kappa shape index (κ2) is 8.23. The van der Waals surface area contributed by atoms with Crippen LogP contribution in [0.25, 0.3) is 0 Å². The van der Waals surface area contributed by atoms with E-state index >= 15 is 0 Å². The number of pyridine rings is 1. The van der Waals surface area contributed by atoms with Gasteiger partial charge in [-0.1, -0.05) is 11.6 Å². The predicted molar refractivity (Wildman–Crippen MR) is 113 cm³/mol. The van der Waals surface area contributed by atoms with E-state index in [9.17, 15) is 4.79 Å². The van der Waals surface area contributed by atoms with Gasteiger partial charge in [0.2, 0.25) is 11.9 Å². The number of rotatable bonds is 6. The maximum Gasteiger partial charge on any atom is 0.223 e. The smallest absolute Gasteiger partial charge is 0.223 e.